The number of rotatable bonds is 20. The molecule has 5 aromatic heterocycles. The van der Waals surface area contributed by atoms with Crippen molar-refractivity contribution in [3.8, 4) is 0 Å². The first kappa shape index (κ1) is 44.3. The van der Waals surface area contributed by atoms with Crippen LogP contribution in [0, 0.1) is 10.1 Å². The highest BCUT2D eigenvalue weighted by molar-refractivity contribution is 7.18. The molecule has 1 amide bonds. The van der Waals surface area contributed by atoms with Crippen molar-refractivity contribution in [1.82, 2.24) is 50.5 Å². The van der Waals surface area contributed by atoms with E-state index in [1.807, 2.05) is 66.7 Å². The van der Waals surface area contributed by atoms with Crippen LogP contribution in [0.25, 0.3) is 31.7 Å². The van der Waals surface area contributed by atoms with Crippen LogP contribution in [0.4, 0.5) is 23.0 Å². The quantitative estimate of drug-likeness (QED) is 0.0245. The molecule has 0 saturated carbocycles. The molecule has 17 nitrogen and oxygen atoms in total. The number of nitro benzene ring substituents is 1. The van der Waals surface area contributed by atoms with E-state index in [9.17, 15) is 14.9 Å². The van der Waals surface area contributed by atoms with E-state index >= 15 is 0 Å². The average molecular weight is 907 g/mol. The van der Waals surface area contributed by atoms with Gasteiger partial charge in [0, 0.05) is 71.0 Å². The first-order chi connectivity index (χ1) is 31.9. The number of amides is 1. The summed E-state index contributed by atoms with van der Waals surface area (Å²) in [6.07, 6.45) is 5.75. The van der Waals surface area contributed by atoms with Gasteiger partial charge in [-0.05, 0) is 29.3 Å². The molecule has 0 fully saturated rings. The number of aromatic nitrogens is 8. The zero-order chi connectivity index (χ0) is 44.6. The fourth-order valence-electron chi connectivity index (χ4n) is 6.75. The third-order valence-electron chi connectivity index (χ3n) is 10.00. The second-order valence-corrected chi connectivity index (χ2v) is 16.8. The first-order valence-corrected chi connectivity index (χ1v) is 22.7. The van der Waals surface area contributed by atoms with Crippen molar-refractivity contribution >= 4 is 83.3 Å². The van der Waals surface area contributed by atoms with Gasteiger partial charge in [-0.2, -0.15) is 0 Å². The third kappa shape index (κ3) is 12.4. The van der Waals surface area contributed by atoms with Crippen molar-refractivity contribution in [2.75, 3.05) is 42.1 Å². The minimum atomic E-state index is -0.515. The predicted molar refractivity (Wildman–Crippen MR) is 257 cm³/mol. The molecule has 9 rings (SSSR count). The van der Waals surface area contributed by atoms with E-state index in [4.69, 9.17) is 4.98 Å². The van der Waals surface area contributed by atoms with Crippen molar-refractivity contribution < 1.29 is 9.72 Å². The molecule has 19 heteroatoms. The van der Waals surface area contributed by atoms with Crippen LogP contribution < -0.4 is 26.6 Å². The van der Waals surface area contributed by atoms with Gasteiger partial charge in [0.1, 0.15) is 44.9 Å². The maximum atomic E-state index is 12.1. The fraction of sp³-hybridized carbons (Fsp3) is 0.217. The van der Waals surface area contributed by atoms with Gasteiger partial charge in [-0.15, -0.1) is 0 Å². The maximum Gasteiger partial charge on any atom is 0.292 e. The number of benzene rings is 4. The number of para-hydroxylation sites is 4. The number of aromatic amines is 1. The van der Waals surface area contributed by atoms with Crippen LogP contribution in [-0.2, 0) is 37.1 Å². The Labute approximate surface area is 381 Å². The van der Waals surface area contributed by atoms with E-state index in [0.717, 1.165) is 84.9 Å². The molecular weight excluding hydrogens is 861 g/mol. The Hall–Kier alpha value is -7.32. The van der Waals surface area contributed by atoms with Gasteiger partial charge in [-0.3, -0.25) is 14.9 Å². The lowest BCUT2D eigenvalue weighted by molar-refractivity contribution is -0.383. The van der Waals surface area contributed by atoms with E-state index in [1.54, 1.807) is 29.8 Å². The van der Waals surface area contributed by atoms with Gasteiger partial charge in [0.05, 0.1) is 26.0 Å². The lowest BCUT2D eigenvalue weighted by atomic mass is 10.2. The zero-order valence-electron chi connectivity index (χ0n) is 35.2. The lowest BCUT2D eigenvalue weighted by Gasteiger charge is -2.06. The van der Waals surface area contributed by atoms with Crippen molar-refractivity contribution in [2.24, 2.45) is 0 Å². The topological polar surface area (TPSA) is 226 Å². The summed E-state index contributed by atoms with van der Waals surface area (Å²) in [5, 5.41) is 29.1. The van der Waals surface area contributed by atoms with E-state index < -0.39 is 4.92 Å². The Morgan fingerprint density at radius 1 is 0.615 bits per heavy atom. The molecule has 5 heterocycles. The van der Waals surface area contributed by atoms with Gasteiger partial charge >= 0.3 is 0 Å². The van der Waals surface area contributed by atoms with E-state index in [2.05, 4.69) is 79.7 Å². The zero-order valence-corrected chi connectivity index (χ0v) is 36.9. The highest BCUT2D eigenvalue weighted by atomic mass is 32.1. The average Bonchev–Trinajstić information content (AvgIpc) is 4.08. The highest BCUT2D eigenvalue weighted by Gasteiger charge is 2.15. The number of imidazole rings is 1. The smallest absolute Gasteiger partial charge is 0.292 e. The lowest BCUT2D eigenvalue weighted by Crippen LogP contribution is -2.23. The van der Waals surface area contributed by atoms with E-state index in [0.29, 0.717) is 38.4 Å². The van der Waals surface area contributed by atoms with Crippen LogP contribution in [0.5, 0.6) is 0 Å². The van der Waals surface area contributed by atoms with E-state index in [-0.39, 0.29) is 23.7 Å². The number of fused-ring (bicyclic) bond motifs is 3. The first-order valence-electron chi connectivity index (χ1n) is 21.1. The summed E-state index contributed by atoms with van der Waals surface area (Å²) in [5.41, 5.74) is 6.14. The molecule has 0 saturated heterocycles. The van der Waals surface area contributed by atoms with Crippen molar-refractivity contribution in [1.29, 1.82) is 0 Å². The number of hydrogen-bond acceptors (Lipinski definition) is 16. The molecule has 4 aromatic carbocycles. The Bertz CT molecular complexity index is 2930. The van der Waals surface area contributed by atoms with Gasteiger partial charge in [0.2, 0.25) is 5.91 Å². The number of nitrogens with zero attached hydrogens (tertiary/aromatic N) is 8. The molecule has 0 aliphatic rings. The molecule has 0 unspecified atom stereocenters. The molecule has 0 spiro atoms. The number of carbonyl (C=O) groups is 1. The molecular formula is C46H46N14O3S2. The number of anilines is 3. The van der Waals surface area contributed by atoms with Crippen LogP contribution in [0.15, 0.2) is 122 Å². The van der Waals surface area contributed by atoms with Crippen molar-refractivity contribution in [3.63, 3.8) is 0 Å². The minimum absolute atomic E-state index is 0.125. The van der Waals surface area contributed by atoms with Crippen LogP contribution in [0.3, 0.4) is 0 Å². The molecule has 6 N–H and O–H groups in total. The number of nitrogens with one attached hydrogen (secondary N) is 6. The van der Waals surface area contributed by atoms with Crippen LogP contribution in [0.1, 0.15) is 33.4 Å². The van der Waals surface area contributed by atoms with Crippen molar-refractivity contribution in [2.45, 2.75) is 38.8 Å². The molecule has 9 aromatic rings. The summed E-state index contributed by atoms with van der Waals surface area (Å²) in [6.45, 7) is 4.17. The summed E-state index contributed by atoms with van der Waals surface area (Å²) in [7, 11) is 0. The third-order valence-corrected chi connectivity index (χ3v) is 12.0. The summed E-state index contributed by atoms with van der Waals surface area (Å²) in [5.74, 6) is 2.22. The molecule has 0 aliphatic carbocycles. The molecule has 0 radical (unpaired) electrons. The van der Waals surface area contributed by atoms with Crippen LogP contribution in [-0.4, -0.2) is 76.9 Å². The standard InChI is InChI=1S/C23H23N7O3S.C23H23N7S/c31-19(28-17-8-4-5-9-18(17)30(32)33)10-12-24-13-11-20-29-21-22(26-15-27-23(21)34-20)25-14-16-6-2-1-3-7-16;1-2-6-16(7-3-1)14-25-22-21-23(27-15-26-22)31-20(30-21)11-13-24-12-10-19-28-17-8-4-5-9-18(17)29-19/h1-9,15,24H,10-14H2,(H,28,31)(H,25,26,27);1-9,15,24H,10-14H2,(H,28,29)(H,25,26,27). The molecule has 65 heavy (non-hydrogen) atoms. The minimum Gasteiger partial charge on any atom is -0.364 e. The summed E-state index contributed by atoms with van der Waals surface area (Å²) < 4.78 is 0. The van der Waals surface area contributed by atoms with Gasteiger partial charge in [0.15, 0.2) is 11.6 Å². The monoisotopic (exact) mass is 906 g/mol. The van der Waals surface area contributed by atoms with Crippen molar-refractivity contribution in [3.05, 3.63) is 159 Å². The van der Waals surface area contributed by atoms with Gasteiger partial charge in [-0.25, -0.2) is 34.9 Å². The van der Waals surface area contributed by atoms with Crippen LogP contribution in [0.2, 0.25) is 0 Å². The van der Waals surface area contributed by atoms with Gasteiger partial charge in [0.25, 0.3) is 5.69 Å². The summed E-state index contributed by atoms with van der Waals surface area (Å²) >= 11 is 3.15. The maximum absolute atomic E-state index is 12.1. The molecule has 0 aliphatic heterocycles. The Kier molecular flexibility index (Phi) is 15.2. The Balaban J connectivity index is 0.000000178. The number of carbonyl (C=O) groups excluding carboxylic acids is 1. The SMILES string of the molecule is O=C(CCNCCc1nc2c(NCc3ccccc3)ncnc2s1)Nc1ccccc1[N+](=O)[O-].c1ccc(CNc2ncnc3sc(CCNCCc4nc5ccccc5[nH]4)nc23)cc1. The molecule has 330 valence electrons. The summed E-state index contributed by atoms with van der Waals surface area (Å²) in [4.78, 5) is 59.3. The highest BCUT2D eigenvalue weighted by Crippen LogP contribution is 2.27. The largest absolute Gasteiger partial charge is 0.364 e. The van der Waals surface area contributed by atoms with Crippen LogP contribution >= 0.6 is 22.7 Å². The predicted octanol–water partition coefficient (Wildman–Crippen LogP) is 7.72. The Morgan fingerprint density at radius 2 is 1.15 bits per heavy atom. The second kappa shape index (κ2) is 22.3. The number of H-pyrrole nitrogens is 1. The summed E-state index contributed by atoms with van der Waals surface area (Å²) in [6, 6.07) is 34.5. The number of hydrogen-bond donors (Lipinski definition) is 6. The number of nitro groups is 1. The molecule has 0 atom stereocenters. The Morgan fingerprint density at radius 3 is 1.75 bits per heavy atom. The normalized spacial score (nSPS) is 11.1. The van der Waals surface area contributed by atoms with Gasteiger partial charge < -0.3 is 31.6 Å². The number of thiazole rings is 2. The van der Waals surface area contributed by atoms with Gasteiger partial charge in [-0.1, -0.05) is 108 Å². The van der Waals surface area contributed by atoms with E-state index in [1.165, 1.54) is 35.4 Å². The second-order valence-electron chi connectivity index (χ2n) is 14.7. The molecule has 0 bridgehead atoms. The fourth-order valence-corrected chi connectivity index (χ4v) is 8.56.